The van der Waals surface area contributed by atoms with E-state index in [0.29, 0.717) is 4.57 Å². The van der Waals surface area contributed by atoms with Gasteiger partial charge in [-0.05, 0) is 0 Å². The van der Waals surface area contributed by atoms with Crippen molar-refractivity contribution in [3.05, 3.63) is 33.1 Å². The lowest BCUT2D eigenvalue weighted by Gasteiger charge is -2.16. The number of rotatable bonds is 2. The van der Waals surface area contributed by atoms with Gasteiger partial charge in [-0.25, -0.2) is 4.79 Å². The molecule has 0 bridgehead atoms. The molecule has 1 saturated heterocycles. The zero-order valence-corrected chi connectivity index (χ0v) is 9.01. The van der Waals surface area contributed by atoms with E-state index in [2.05, 4.69) is 0 Å². The summed E-state index contributed by atoms with van der Waals surface area (Å²) in [6.07, 6.45) is -4.44. The van der Waals surface area contributed by atoms with Crippen LogP contribution in [0.15, 0.2) is 21.9 Å². The highest BCUT2D eigenvalue weighted by Gasteiger charge is 2.43. The first-order valence-electron chi connectivity index (χ1n) is 5.10. The predicted molar refractivity (Wildman–Crippen MR) is 54.5 cm³/mol. The zero-order valence-electron chi connectivity index (χ0n) is 9.01. The smallest absolute Gasteiger partial charge is 0.362 e. The molecule has 0 unspecified atom stereocenters. The Balaban J connectivity index is 2.42. The summed E-state index contributed by atoms with van der Waals surface area (Å²) in [5.41, 5.74) is -2.49. The first-order valence-corrected chi connectivity index (χ1v) is 5.10. The average molecular weight is 262 g/mol. The first-order chi connectivity index (χ1) is 8.47. The molecule has 0 spiro atoms. The Morgan fingerprint density at radius 1 is 1.33 bits per heavy atom. The molecular formula is C9H11FN2O6. The Morgan fingerprint density at radius 2 is 2.00 bits per heavy atom. The summed E-state index contributed by atoms with van der Waals surface area (Å²) in [5.74, 6) is 0. The van der Waals surface area contributed by atoms with Crippen LogP contribution in [0.2, 0.25) is 0 Å². The monoisotopic (exact) mass is 262 g/mol. The Bertz CT molecular complexity index is 555. The minimum atomic E-state index is -1.52. The van der Waals surface area contributed by atoms with Crippen LogP contribution < -0.4 is 11.2 Å². The Labute approximate surface area is 99.0 Å². The fraction of sp³-hybridized carbons (Fsp3) is 0.556. The molecule has 9 heteroatoms. The molecule has 1 aromatic heterocycles. The van der Waals surface area contributed by atoms with Crippen LogP contribution in [0.5, 0.6) is 0 Å². The molecule has 0 saturated carbocycles. The van der Waals surface area contributed by atoms with Gasteiger partial charge >= 0.3 is 5.69 Å². The van der Waals surface area contributed by atoms with Crippen LogP contribution in [0.25, 0.3) is 0 Å². The molecule has 1 aliphatic heterocycles. The lowest BCUT2D eigenvalue weighted by atomic mass is 10.1. The molecule has 4 atom stereocenters. The summed E-state index contributed by atoms with van der Waals surface area (Å²) in [5, 5.41) is 28.0. The van der Waals surface area contributed by atoms with Gasteiger partial charge in [0.1, 0.15) is 18.3 Å². The maximum Gasteiger partial charge on any atom is 0.362 e. The van der Waals surface area contributed by atoms with Crippen molar-refractivity contribution in [2.24, 2.45) is 0 Å². The summed E-state index contributed by atoms with van der Waals surface area (Å²) >= 11 is 0. The molecular weight excluding hydrogens is 251 g/mol. The van der Waals surface area contributed by atoms with Crippen LogP contribution in [0.3, 0.4) is 0 Å². The lowest BCUT2D eigenvalue weighted by molar-refractivity contribution is -0.0565. The summed E-state index contributed by atoms with van der Waals surface area (Å²) in [6.45, 7) is -0.571. The van der Waals surface area contributed by atoms with Crippen molar-refractivity contribution in [1.82, 2.24) is 9.36 Å². The molecule has 1 fully saturated rings. The van der Waals surface area contributed by atoms with Crippen LogP contribution >= 0.6 is 0 Å². The SMILES string of the molecule is O=c1ccn([C@@H]2O[C@H](CO)[C@@H](O)[C@H]2O)c(=O)n1F. The summed E-state index contributed by atoms with van der Waals surface area (Å²) in [7, 11) is 0. The first kappa shape index (κ1) is 12.9. The van der Waals surface area contributed by atoms with Crippen molar-refractivity contribution in [3.63, 3.8) is 0 Å². The quantitative estimate of drug-likeness (QED) is 0.536. The number of hydrogen-bond acceptors (Lipinski definition) is 6. The van der Waals surface area contributed by atoms with Gasteiger partial charge in [0.05, 0.1) is 6.61 Å². The van der Waals surface area contributed by atoms with Gasteiger partial charge in [-0.1, -0.05) is 9.27 Å². The number of ether oxygens (including phenoxy) is 1. The second-order valence-corrected chi connectivity index (χ2v) is 3.85. The van der Waals surface area contributed by atoms with Gasteiger partial charge in [0.15, 0.2) is 6.23 Å². The number of halogens is 1. The van der Waals surface area contributed by atoms with Crippen LogP contribution in [-0.2, 0) is 4.74 Å². The van der Waals surface area contributed by atoms with E-state index in [9.17, 15) is 24.3 Å². The van der Waals surface area contributed by atoms with Crippen molar-refractivity contribution in [2.45, 2.75) is 24.5 Å². The van der Waals surface area contributed by atoms with E-state index >= 15 is 0 Å². The molecule has 100 valence electrons. The van der Waals surface area contributed by atoms with Gasteiger partial charge in [0.25, 0.3) is 5.56 Å². The summed E-state index contributed by atoms with van der Waals surface area (Å²) in [6, 6.07) is 0.774. The third-order valence-electron chi connectivity index (χ3n) is 2.75. The van der Waals surface area contributed by atoms with E-state index in [1.807, 2.05) is 0 Å². The topological polar surface area (TPSA) is 114 Å². The molecule has 0 aliphatic carbocycles. The Morgan fingerprint density at radius 3 is 2.56 bits per heavy atom. The third kappa shape index (κ3) is 1.86. The van der Waals surface area contributed by atoms with Crippen LogP contribution in [0.4, 0.5) is 4.48 Å². The van der Waals surface area contributed by atoms with Crippen LogP contribution in [0, 0.1) is 0 Å². The van der Waals surface area contributed by atoms with Crippen LogP contribution in [-0.4, -0.2) is 49.6 Å². The largest absolute Gasteiger partial charge is 0.394 e. The molecule has 8 nitrogen and oxygen atoms in total. The lowest BCUT2D eigenvalue weighted by Crippen LogP contribution is -2.40. The number of aliphatic hydroxyl groups is 3. The van der Waals surface area contributed by atoms with Crippen molar-refractivity contribution in [3.8, 4) is 0 Å². The molecule has 3 N–H and O–H groups in total. The Kier molecular flexibility index (Phi) is 3.30. The maximum absolute atomic E-state index is 13.1. The third-order valence-corrected chi connectivity index (χ3v) is 2.75. The van der Waals surface area contributed by atoms with Gasteiger partial charge in [-0.15, -0.1) is 0 Å². The molecule has 0 radical (unpaired) electrons. The van der Waals surface area contributed by atoms with E-state index < -0.39 is 47.2 Å². The highest BCUT2D eigenvalue weighted by Crippen LogP contribution is 2.27. The van der Waals surface area contributed by atoms with Gasteiger partial charge in [-0.2, -0.15) is 0 Å². The van der Waals surface area contributed by atoms with E-state index in [1.165, 1.54) is 0 Å². The van der Waals surface area contributed by atoms with Gasteiger partial charge in [0, 0.05) is 12.3 Å². The number of aromatic nitrogens is 2. The molecule has 18 heavy (non-hydrogen) atoms. The van der Waals surface area contributed by atoms with Crippen molar-refractivity contribution >= 4 is 0 Å². The molecule has 0 aromatic carbocycles. The normalized spacial score (nSPS) is 31.8. The summed E-state index contributed by atoms with van der Waals surface area (Å²) in [4.78, 5) is 21.7. The molecule has 0 amide bonds. The average Bonchev–Trinajstić information content (AvgIpc) is 2.64. The maximum atomic E-state index is 13.1. The van der Waals surface area contributed by atoms with E-state index in [4.69, 9.17) is 9.84 Å². The number of aliphatic hydroxyl groups excluding tert-OH is 3. The fourth-order valence-electron chi connectivity index (χ4n) is 1.77. The Hall–Kier alpha value is -1.55. The summed E-state index contributed by atoms with van der Waals surface area (Å²) < 4.78 is 18.7. The predicted octanol–water partition coefficient (Wildman–Crippen LogP) is -2.65. The van der Waals surface area contributed by atoms with Gasteiger partial charge in [0.2, 0.25) is 0 Å². The van der Waals surface area contributed by atoms with E-state index in [-0.39, 0.29) is 0 Å². The second-order valence-electron chi connectivity index (χ2n) is 3.85. The molecule has 1 aliphatic rings. The van der Waals surface area contributed by atoms with Gasteiger partial charge < -0.3 is 20.1 Å². The van der Waals surface area contributed by atoms with Crippen LogP contribution in [0.1, 0.15) is 6.23 Å². The van der Waals surface area contributed by atoms with Gasteiger partial charge in [-0.3, -0.25) is 9.36 Å². The minimum absolute atomic E-state index is 0.571. The fourth-order valence-corrected chi connectivity index (χ4v) is 1.77. The van der Waals surface area contributed by atoms with Crippen molar-refractivity contribution in [2.75, 3.05) is 6.61 Å². The highest BCUT2D eigenvalue weighted by molar-refractivity contribution is 4.93. The molecule has 2 heterocycles. The molecule has 2 rings (SSSR count). The highest BCUT2D eigenvalue weighted by atomic mass is 19.2. The van der Waals surface area contributed by atoms with Crippen molar-refractivity contribution in [1.29, 1.82) is 0 Å². The van der Waals surface area contributed by atoms with E-state index in [1.54, 1.807) is 0 Å². The number of nitrogens with zero attached hydrogens (tertiary/aromatic N) is 2. The standard InChI is InChI=1S/C9H11FN2O6/c10-12-5(14)1-2-11(9(12)17)8-7(16)6(15)4(3-13)18-8/h1-2,4,6-8,13,15-16H,3H2/t4-,6-,7-,8-/m1/s1. The van der Waals surface area contributed by atoms with E-state index in [0.717, 1.165) is 12.3 Å². The second kappa shape index (κ2) is 4.61. The minimum Gasteiger partial charge on any atom is -0.394 e. The molecule has 1 aromatic rings. The number of hydrogen-bond donors (Lipinski definition) is 3. The zero-order chi connectivity index (χ0) is 13.4. The van der Waals surface area contributed by atoms with Crippen molar-refractivity contribution < 1.29 is 24.5 Å².